The average Bonchev–Trinajstić information content (AvgIpc) is 3.07. The zero-order valence-electron chi connectivity index (χ0n) is 14.5. The second kappa shape index (κ2) is 7.94. The van der Waals surface area contributed by atoms with Crippen LogP contribution in [-0.4, -0.2) is 35.1 Å². The number of aromatic nitrogens is 2. The third-order valence-electron chi connectivity index (χ3n) is 3.84. The van der Waals surface area contributed by atoms with Crippen molar-refractivity contribution < 1.29 is 9.53 Å². The van der Waals surface area contributed by atoms with Gasteiger partial charge in [0.05, 0.1) is 6.10 Å². The van der Waals surface area contributed by atoms with E-state index >= 15 is 0 Å². The van der Waals surface area contributed by atoms with E-state index in [2.05, 4.69) is 25.9 Å². The topological polar surface area (TPSA) is 88.2 Å². The van der Waals surface area contributed by atoms with Crippen molar-refractivity contribution in [2.75, 3.05) is 29.1 Å². The number of benzene rings is 1. The molecule has 1 fully saturated rings. The zero-order chi connectivity index (χ0) is 17.6. The molecule has 1 aliphatic heterocycles. The number of ether oxygens (including phenoxy) is 1. The van der Waals surface area contributed by atoms with Crippen LogP contribution in [0, 0.1) is 6.92 Å². The third kappa shape index (κ3) is 5.15. The van der Waals surface area contributed by atoms with Crippen molar-refractivity contribution in [1.82, 2.24) is 9.97 Å². The van der Waals surface area contributed by atoms with Crippen LogP contribution in [0.4, 0.5) is 23.1 Å². The van der Waals surface area contributed by atoms with Crippen LogP contribution in [0.3, 0.4) is 0 Å². The van der Waals surface area contributed by atoms with E-state index in [0.717, 1.165) is 42.3 Å². The lowest BCUT2D eigenvalue weighted by molar-refractivity contribution is -0.114. The summed E-state index contributed by atoms with van der Waals surface area (Å²) in [6, 6.07) is 9.35. The van der Waals surface area contributed by atoms with Crippen molar-refractivity contribution in [1.29, 1.82) is 0 Å². The lowest BCUT2D eigenvalue weighted by Crippen LogP contribution is -2.20. The van der Waals surface area contributed by atoms with Gasteiger partial charge in [0.15, 0.2) is 0 Å². The Morgan fingerprint density at radius 2 is 2.00 bits per heavy atom. The van der Waals surface area contributed by atoms with Gasteiger partial charge in [0.1, 0.15) is 5.82 Å². The minimum Gasteiger partial charge on any atom is -0.376 e. The molecule has 3 N–H and O–H groups in total. The normalized spacial score (nSPS) is 16.5. The quantitative estimate of drug-likeness (QED) is 0.748. The maximum Gasteiger partial charge on any atom is 0.224 e. The summed E-state index contributed by atoms with van der Waals surface area (Å²) < 4.78 is 5.61. The summed E-state index contributed by atoms with van der Waals surface area (Å²) in [6.07, 6.45) is 2.43. The second-order valence-electron chi connectivity index (χ2n) is 6.12. The van der Waals surface area contributed by atoms with Gasteiger partial charge in [-0.2, -0.15) is 4.98 Å². The van der Waals surface area contributed by atoms with Crippen LogP contribution in [0.2, 0.25) is 0 Å². The van der Waals surface area contributed by atoms with E-state index in [1.165, 1.54) is 6.92 Å². The van der Waals surface area contributed by atoms with Gasteiger partial charge in [-0.25, -0.2) is 4.98 Å². The maximum absolute atomic E-state index is 11.1. The molecule has 2 heterocycles. The fourth-order valence-corrected chi connectivity index (χ4v) is 2.71. The van der Waals surface area contributed by atoms with Gasteiger partial charge >= 0.3 is 0 Å². The SMILES string of the molecule is CC(=O)Nc1ccc(Nc2cc(C)nc(NCC3CCCO3)n2)cc1. The highest BCUT2D eigenvalue weighted by Gasteiger charge is 2.15. The van der Waals surface area contributed by atoms with Crippen molar-refractivity contribution in [3.8, 4) is 0 Å². The number of carbonyl (C=O) groups is 1. The Kier molecular flexibility index (Phi) is 5.45. The van der Waals surface area contributed by atoms with E-state index < -0.39 is 0 Å². The number of amides is 1. The van der Waals surface area contributed by atoms with Crippen LogP contribution >= 0.6 is 0 Å². The standard InChI is InChI=1S/C18H23N5O2/c1-12-10-17(22-15-7-5-14(6-8-15)21-13(2)24)23-18(20-12)19-11-16-4-3-9-25-16/h5-8,10,16H,3-4,9,11H2,1-2H3,(H,21,24)(H2,19,20,22,23). The summed E-state index contributed by atoms with van der Waals surface area (Å²) in [5.74, 6) is 1.22. The van der Waals surface area contributed by atoms with E-state index in [0.29, 0.717) is 12.5 Å². The largest absolute Gasteiger partial charge is 0.376 e. The fraction of sp³-hybridized carbons (Fsp3) is 0.389. The minimum absolute atomic E-state index is 0.0888. The summed E-state index contributed by atoms with van der Waals surface area (Å²) >= 11 is 0. The summed E-state index contributed by atoms with van der Waals surface area (Å²) in [4.78, 5) is 20.0. The molecule has 1 unspecified atom stereocenters. The molecule has 1 atom stereocenters. The van der Waals surface area contributed by atoms with Crippen molar-refractivity contribution >= 4 is 29.0 Å². The number of anilines is 4. The van der Waals surface area contributed by atoms with Crippen molar-refractivity contribution in [3.63, 3.8) is 0 Å². The van der Waals surface area contributed by atoms with E-state index in [1.807, 2.05) is 37.3 Å². The smallest absolute Gasteiger partial charge is 0.224 e. The van der Waals surface area contributed by atoms with Gasteiger partial charge in [-0.1, -0.05) is 0 Å². The molecule has 0 saturated carbocycles. The number of carbonyl (C=O) groups excluding carboxylic acids is 1. The molecule has 132 valence electrons. The van der Waals surface area contributed by atoms with E-state index in [-0.39, 0.29) is 12.0 Å². The summed E-state index contributed by atoms with van der Waals surface area (Å²) in [5, 5.41) is 9.25. The summed E-state index contributed by atoms with van der Waals surface area (Å²) in [5.41, 5.74) is 2.52. The Bertz CT molecular complexity index is 727. The van der Waals surface area contributed by atoms with Crippen LogP contribution in [0.15, 0.2) is 30.3 Å². The second-order valence-corrected chi connectivity index (χ2v) is 6.12. The Morgan fingerprint density at radius 3 is 2.68 bits per heavy atom. The lowest BCUT2D eigenvalue weighted by Gasteiger charge is -2.13. The predicted molar refractivity (Wildman–Crippen MR) is 98.3 cm³/mol. The lowest BCUT2D eigenvalue weighted by atomic mass is 10.2. The van der Waals surface area contributed by atoms with Crippen LogP contribution in [0.25, 0.3) is 0 Å². The van der Waals surface area contributed by atoms with Gasteiger partial charge in [-0.05, 0) is 44.0 Å². The number of aryl methyl sites for hydroxylation is 1. The Hall–Kier alpha value is -2.67. The molecule has 1 saturated heterocycles. The molecule has 25 heavy (non-hydrogen) atoms. The number of hydrogen-bond acceptors (Lipinski definition) is 6. The summed E-state index contributed by atoms with van der Waals surface area (Å²) in [7, 11) is 0. The molecule has 1 aliphatic rings. The van der Waals surface area contributed by atoms with Crippen molar-refractivity contribution in [3.05, 3.63) is 36.0 Å². The Labute approximate surface area is 147 Å². The molecule has 1 amide bonds. The molecule has 0 spiro atoms. The maximum atomic E-state index is 11.1. The van der Waals surface area contributed by atoms with Crippen LogP contribution < -0.4 is 16.0 Å². The summed E-state index contributed by atoms with van der Waals surface area (Å²) in [6.45, 7) is 4.97. The van der Waals surface area contributed by atoms with E-state index in [9.17, 15) is 4.79 Å². The third-order valence-corrected chi connectivity index (χ3v) is 3.84. The van der Waals surface area contributed by atoms with Crippen molar-refractivity contribution in [2.45, 2.75) is 32.8 Å². The number of nitrogens with one attached hydrogen (secondary N) is 3. The number of rotatable bonds is 6. The Morgan fingerprint density at radius 1 is 1.24 bits per heavy atom. The first kappa shape index (κ1) is 17.2. The first-order valence-corrected chi connectivity index (χ1v) is 8.44. The molecule has 2 aromatic rings. The van der Waals surface area contributed by atoms with Crippen LogP contribution in [-0.2, 0) is 9.53 Å². The number of hydrogen-bond donors (Lipinski definition) is 3. The van der Waals surface area contributed by atoms with Gasteiger partial charge in [0.25, 0.3) is 0 Å². The monoisotopic (exact) mass is 341 g/mol. The van der Waals surface area contributed by atoms with Gasteiger partial charge < -0.3 is 20.7 Å². The van der Waals surface area contributed by atoms with Crippen LogP contribution in [0.5, 0.6) is 0 Å². The zero-order valence-corrected chi connectivity index (χ0v) is 14.5. The molecule has 0 aliphatic carbocycles. The van der Waals surface area contributed by atoms with Gasteiger partial charge in [0.2, 0.25) is 11.9 Å². The molecule has 1 aromatic carbocycles. The van der Waals surface area contributed by atoms with Crippen LogP contribution in [0.1, 0.15) is 25.5 Å². The van der Waals surface area contributed by atoms with E-state index in [4.69, 9.17) is 4.74 Å². The highest BCUT2D eigenvalue weighted by atomic mass is 16.5. The predicted octanol–water partition coefficient (Wildman–Crippen LogP) is 3.08. The van der Waals surface area contributed by atoms with Gasteiger partial charge in [0, 0.05) is 43.2 Å². The molecule has 7 nitrogen and oxygen atoms in total. The Balaban J connectivity index is 1.64. The molecular weight excluding hydrogens is 318 g/mol. The van der Waals surface area contributed by atoms with Gasteiger partial charge in [-0.3, -0.25) is 4.79 Å². The molecule has 3 rings (SSSR count). The molecule has 0 radical (unpaired) electrons. The molecule has 0 bridgehead atoms. The first-order chi connectivity index (χ1) is 12.1. The fourth-order valence-electron chi connectivity index (χ4n) is 2.71. The van der Waals surface area contributed by atoms with E-state index in [1.54, 1.807) is 0 Å². The van der Waals surface area contributed by atoms with Gasteiger partial charge in [-0.15, -0.1) is 0 Å². The molecule has 7 heteroatoms. The molecular formula is C18H23N5O2. The highest BCUT2D eigenvalue weighted by molar-refractivity contribution is 5.88. The highest BCUT2D eigenvalue weighted by Crippen LogP contribution is 2.19. The average molecular weight is 341 g/mol. The first-order valence-electron chi connectivity index (χ1n) is 8.44. The minimum atomic E-state index is -0.0888. The molecule has 1 aromatic heterocycles. The number of nitrogens with zero attached hydrogens (tertiary/aromatic N) is 2. The van der Waals surface area contributed by atoms with Crippen molar-refractivity contribution in [2.24, 2.45) is 0 Å².